The Balaban J connectivity index is 2.05. The molecule has 0 saturated heterocycles. The van der Waals surface area contributed by atoms with Gasteiger partial charge in [-0.15, -0.1) is 0 Å². The van der Waals surface area contributed by atoms with Crippen LogP contribution < -0.4 is 4.74 Å². The van der Waals surface area contributed by atoms with Gasteiger partial charge in [-0.1, -0.05) is 11.6 Å². The molecule has 21 heavy (non-hydrogen) atoms. The van der Waals surface area contributed by atoms with E-state index >= 15 is 0 Å². The van der Waals surface area contributed by atoms with Gasteiger partial charge >= 0.3 is 5.97 Å². The summed E-state index contributed by atoms with van der Waals surface area (Å²) in [7, 11) is 1.27. The third kappa shape index (κ3) is 3.61. The molecule has 7 heteroatoms. The molecule has 2 aromatic rings. The number of aldehydes is 1. The first-order valence-electron chi connectivity index (χ1n) is 6.13. The number of hydrogen-bond donors (Lipinski definition) is 0. The molecule has 1 aromatic heterocycles. The van der Waals surface area contributed by atoms with Gasteiger partial charge in [0.2, 0.25) is 0 Å². The van der Waals surface area contributed by atoms with Crippen molar-refractivity contribution < 1.29 is 19.1 Å². The van der Waals surface area contributed by atoms with Crippen LogP contribution in [0.1, 0.15) is 21.1 Å². The number of aromatic nitrogens is 2. The number of halogens is 1. The van der Waals surface area contributed by atoms with Gasteiger partial charge in [-0.2, -0.15) is 0 Å². The fraction of sp³-hybridized carbons (Fsp3) is 0.214. The summed E-state index contributed by atoms with van der Waals surface area (Å²) >= 11 is 5.78. The first-order chi connectivity index (χ1) is 10.2. The normalized spacial score (nSPS) is 10.2. The van der Waals surface area contributed by atoms with Gasteiger partial charge in [0.15, 0.2) is 12.1 Å². The zero-order valence-electron chi connectivity index (χ0n) is 11.3. The van der Waals surface area contributed by atoms with Gasteiger partial charge in [0, 0.05) is 5.02 Å². The van der Waals surface area contributed by atoms with E-state index in [1.807, 2.05) is 0 Å². The maximum atomic E-state index is 11.6. The van der Waals surface area contributed by atoms with Crippen molar-refractivity contribution in [1.82, 2.24) is 9.55 Å². The van der Waals surface area contributed by atoms with E-state index in [1.54, 1.807) is 24.3 Å². The smallest absolute Gasteiger partial charge is 0.356 e. The number of carbonyl (C=O) groups is 2. The number of carbonyl (C=O) groups excluding carboxylic acids is 2. The van der Waals surface area contributed by atoms with E-state index < -0.39 is 5.97 Å². The summed E-state index contributed by atoms with van der Waals surface area (Å²) in [6, 6.07) is 6.89. The Bertz CT molecular complexity index is 637. The Morgan fingerprint density at radius 2 is 2.10 bits per heavy atom. The molecule has 2 rings (SSSR count). The lowest BCUT2D eigenvalue weighted by molar-refractivity contribution is 0.0587. The Kier molecular flexibility index (Phi) is 4.94. The predicted molar refractivity (Wildman–Crippen MR) is 75.9 cm³/mol. The largest absolute Gasteiger partial charge is 0.492 e. The highest BCUT2D eigenvalue weighted by Gasteiger charge is 2.16. The highest BCUT2D eigenvalue weighted by atomic mass is 35.5. The molecule has 0 radical (unpaired) electrons. The molecular formula is C14H13ClN2O4. The number of esters is 1. The van der Waals surface area contributed by atoms with Crippen molar-refractivity contribution in [3.8, 4) is 5.75 Å². The molecule has 110 valence electrons. The Labute approximate surface area is 126 Å². The third-order valence-corrected chi connectivity index (χ3v) is 3.04. The summed E-state index contributed by atoms with van der Waals surface area (Å²) in [6.07, 6.45) is 1.88. The number of benzene rings is 1. The van der Waals surface area contributed by atoms with Gasteiger partial charge in [0.05, 0.1) is 19.9 Å². The Hall–Kier alpha value is -2.34. The van der Waals surface area contributed by atoms with E-state index in [4.69, 9.17) is 16.3 Å². The average Bonchev–Trinajstić information content (AvgIpc) is 2.91. The number of methoxy groups -OCH3 is 1. The molecule has 0 fully saturated rings. The lowest BCUT2D eigenvalue weighted by Gasteiger charge is -2.10. The number of ether oxygens (including phenoxy) is 2. The fourth-order valence-corrected chi connectivity index (χ4v) is 1.90. The van der Waals surface area contributed by atoms with Gasteiger partial charge in [-0.05, 0) is 24.3 Å². The van der Waals surface area contributed by atoms with E-state index in [0.29, 0.717) is 23.6 Å². The molecule has 0 saturated carbocycles. The average molecular weight is 309 g/mol. The molecule has 0 aliphatic rings. The lowest BCUT2D eigenvalue weighted by Crippen LogP contribution is -2.17. The zero-order valence-corrected chi connectivity index (χ0v) is 12.0. The third-order valence-electron chi connectivity index (χ3n) is 2.78. The molecule has 6 nitrogen and oxygen atoms in total. The van der Waals surface area contributed by atoms with Crippen LogP contribution >= 0.6 is 11.6 Å². The fourth-order valence-electron chi connectivity index (χ4n) is 1.77. The Morgan fingerprint density at radius 1 is 1.38 bits per heavy atom. The van der Waals surface area contributed by atoms with E-state index in [2.05, 4.69) is 9.72 Å². The quantitative estimate of drug-likeness (QED) is 0.604. The molecule has 0 aliphatic heterocycles. The molecule has 0 amide bonds. The van der Waals surface area contributed by atoms with Crippen molar-refractivity contribution in [2.24, 2.45) is 0 Å². The summed E-state index contributed by atoms with van der Waals surface area (Å²) in [6.45, 7) is 0.559. The van der Waals surface area contributed by atoms with E-state index in [9.17, 15) is 9.59 Å². The zero-order chi connectivity index (χ0) is 15.2. The summed E-state index contributed by atoms with van der Waals surface area (Å²) in [5.41, 5.74) is 0.208. The molecular weight excluding hydrogens is 296 g/mol. The van der Waals surface area contributed by atoms with Crippen LogP contribution in [0.4, 0.5) is 0 Å². The van der Waals surface area contributed by atoms with Gasteiger partial charge < -0.3 is 14.0 Å². The number of imidazole rings is 1. The minimum Gasteiger partial charge on any atom is -0.492 e. The summed E-state index contributed by atoms with van der Waals surface area (Å²) < 4.78 is 11.6. The van der Waals surface area contributed by atoms with Crippen molar-refractivity contribution in [2.45, 2.75) is 6.54 Å². The standard InChI is InChI=1S/C14H13ClN2O4/c1-20-14(19)12-8-16-13(9-18)17(12)6-7-21-11-4-2-10(15)3-5-11/h2-5,8-9H,6-7H2,1H3. The molecule has 0 aliphatic carbocycles. The van der Waals surface area contributed by atoms with Gasteiger partial charge in [0.25, 0.3) is 0 Å². The minimum atomic E-state index is -0.554. The lowest BCUT2D eigenvalue weighted by atomic mass is 10.3. The van der Waals surface area contributed by atoms with Crippen molar-refractivity contribution >= 4 is 23.9 Å². The SMILES string of the molecule is COC(=O)c1cnc(C=O)n1CCOc1ccc(Cl)cc1. The molecule has 1 heterocycles. The van der Waals surface area contributed by atoms with Crippen LogP contribution in [0.3, 0.4) is 0 Å². The molecule has 0 N–H and O–H groups in total. The first-order valence-corrected chi connectivity index (χ1v) is 6.51. The van der Waals surface area contributed by atoms with Crippen LogP contribution in [0.5, 0.6) is 5.75 Å². The van der Waals surface area contributed by atoms with Crippen molar-refractivity contribution in [2.75, 3.05) is 13.7 Å². The van der Waals surface area contributed by atoms with Gasteiger partial charge in [-0.25, -0.2) is 9.78 Å². The van der Waals surface area contributed by atoms with Crippen LogP contribution in [0, 0.1) is 0 Å². The number of rotatable bonds is 6. The minimum absolute atomic E-state index is 0.148. The van der Waals surface area contributed by atoms with Gasteiger partial charge in [-0.3, -0.25) is 4.79 Å². The number of nitrogens with zero attached hydrogens (tertiary/aromatic N) is 2. The monoisotopic (exact) mass is 308 g/mol. The second-order valence-corrected chi connectivity index (χ2v) is 4.50. The second kappa shape index (κ2) is 6.90. The molecule has 0 atom stereocenters. The van der Waals surface area contributed by atoms with Crippen molar-refractivity contribution in [3.05, 3.63) is 47.0 Å². The summed E-state index contributed by atoms with van der Waals surface area (Å²) in [4.78, 5) is 26.4. The first kappa shape index (κ1) is 15.1. The van der Waals surface area contributed by atoms with Gasteiger partial charge in [0.1, 0.15) is 18.1 Å². The van der Waals surface area contributed by atoms with Crippen LogP contribution in [0.2, 0.25) is 5.02 Å². The Morgan fingerprint density at radius 3 is 2.71 bits per heavy atom. The molecule has 0 bridgehead atoms. The maximum absolute atomic E-state index is 11.6. The van der Waals surface area contributed by atoms with E-state index in [0.717, 1.165) is 0 Å². The molecule has 0 unspecified atom stereocenters. The maximum Gasteiger partial charge on any atom is 0.356 e. The van der Waals surface area contributed by atoms with Crippen molar-refractivity contribution in [1.29, 1.82) is 0 Å². The summed E-state index contributed by atoms with van der Waals surface area (Å²) in [5, 5.41) is 0.619. The van der Waals surface area contributed by atoms with Crippen molar-refractivity contribution in [3.63, 3.8) is 0 Å². The molecule has 0 spiro atoms. The van der Waals surface area contributed by atoms with E-state index in [-0.39, 0.29) is 18.1 Å². The highest BCUT2D eigenvalue weighted by Crippen LogP contribution is 2.15. The number of hydrogen-bond acceptors (Lipinski definition) is 5. The van der Waals surface area contributed by atoms with Crippen LogP contribution in [-0.2, 0) is 11.3 Å². The molecule has 1 aromatic carbocycles. The van der Waals surface area contributed by atoms with Crippen LogP contribution in [-0.4, -0.2) is 35.5 Å². The highest BCUT2D eigenvalue weighted by molar-refractivity contribution is 6.30. The van der Waals surface area contributed by atoms with Crippen LogP contribution in [0.25, 0.3) is 0 Å². The predicted octanol–water partition coefficient (Wildman–Crippen LogP) is 2.21. The topological polar surface area (TPSA) is 70.4 Å². The second-order valence-electron chi connectivity index (χ2n) is 4.07. The van der Waals surface area contributed by atoms with Crippen LogP contribution in [0.15, 0.2) is 30.5 Å². The van der Waals surface area contributed by atoms with E-state index in [1.165, 1.54) is 17.9 Å². The summed E-state index contributed by atoms with van der Waals surface area (Å²) in [5.74, 6) is 0.240.